The van der Waals surface area contributed by atoms with Crippen LogP contribution in [0.2, 0.25) is 0 Å². The molecule has 2 amide bonds. The van der Waals surface area contributed by atoms with Crippen molar-refractivity contribution >= 4 is 35.1 Å². The highest BCUT2D eigenvalue weighted by molar-refractivity contribution is 5.96. The number of carbonyl (C=O) groups excluding carboxylic acids is 4. The molecule has 8 heteroatoms. The van der Waals surface area contributed by atoms with Crippen molar-refractivity contribution in [1.82, 2.24) is 0 Å². The average Bonchev–Trinajstić information content (AvgIpc) is 2.79. The fourth-order valence-corrected chi connectivity index (χ4v) is 2.96. The molecule has 2 rings (SSSR count). The normalized spacial score (nSPS) is 10.3. The Bertz CT molecular complexity index is 982. The summed E-state index contributed by atoms with van der Waals surface area (Å²) in [5.74, 6) is -1.98. The molecule has 0 spiro atoms. The van der Waals surface area contributed by atoms with Crippen molar-refractivity contribution in [2.75, 3.05) is 23.8 Å². The SMILES string of the molecule is CCCCOC(=O)c1cccc(NC(=O)CCC(=O)OCC(=O)Nc2c(C)cccc2C)c1. The molecule has 2 aromatic carbocycles. The third-order valence-electron chi connectivity index (χ3n) is 4.78. The molecular formula is C25H30N2O6. The maximum Gasteiger partial charge on any atom is 0.338 e. The molecule has 33 heavy (non-hydrogen) atoms. The second-order valence-corrected chi connectivity index (χ2v) is 7.59. The summed E-state index contributed by atoms with van der Waals surface area (Å²) in [6.07, 6.45) is 1.40. The number of carbonyl (C=O) groups is 4. The molecule has 0 atom stereocenters. The molecule has 2 aromatic rings. The van der Waals surface area contributed by atoms with Crippen molar-refractivity contribution < 1.29 is 28.7 Å². The number of benzene rings is 2. The highest BCUT2D eigenvalue weighted by Crippen LogP contribution is 2.19. The number of esters is 2. The zero-order valence-corrected chi connectivity index (χ0v) is 19.2. The predicted molar refractivity (Wildman–Crippen MR) is 125 cm³/mol. The number of ether oxygens (including phenoxy) is 2. The molecule has 0 bridgehead atoms. The number of unbranched alkanes of at least 4 members (excludes halogenated alkanes) is 1. The number of aryl methyl sites for hydroxylation is 2. The fourth-order valence-electron chi connectivity index (χ4n) is 2.96. The summed E-state index contributed by atoms with van der Waals surface area (Å²) < 4.78 is 10.1. The van der Waals surface area contributed by atoms with E-state index >= 15 is 0 Å². The first-order valence-electron chi connectivity index (χ1n) is 10.9. The standard InChI is InChI=1S/C25H30N2O6/c1-4-5-14-32-25(31)19-10-7-11-20(15-19)26-21(28)12-13-23(30)33-16-22(29)27-24-17(2)8-6-9-18(24)3/h6-11,15H,4-5,12-14,16H2,1-3H3,(H,26,28)(H,27,29). The van der Waals surface area contributed by atoms with Crippen molar-refractivity contribution in [1.29, 1.82) is 0 Å². The summed E-state index contributed by atoms with van der Waals surface area (Å²) >= 11 is 0. The fraction of sp³-hybridized carbons (Fsp3) is 0.360. The van der Waals surface area contributed by atoms with Gasteiger partial charge in [0, 0.05) is 17.8 Å². The monoisotopic (exact) mass is 454 g/mol. The van der Waals surface area contributed by atoms with Gasteiger partial charge in [0.15, 0.2) is 6.61 Å². The Balaban J connectivity index is 1.75. The van der Waals surface area contributed by atoms with E-state index < -0.39 is 30.4 Å². The van der Waals surface area contributed by atoms with Crippen LogP contribution in [0, 0.1) is 13.8 Å². The topological polar surface area (TPSA) is 111 Å². The first kappa shape index (κ1) is 25.6. The van der Waals surface area contributed by atoms with Gasteiger partial charge in [0.05, 0.1) is 18.6 Å². The van der Waals surface area contributed by atoms with Gasteiger partial charge in [-0.2, -0.15) is 0 Å². The molecule has 0 saturated heterocycles. The van der Waals surface area contributed by atoms with Gasteiger partial charge >= 0.3 is 11.9 Å². The van der Waals surface area contributed by atoms with Crippen LogP contribution >= 0.6 is 0 Å². The van der Waals surface area contributed by atoms with E-state index in [4.69, 9.17) is 9.47 Å². The molecule has 176 valence electrons. The van der Waals surface area contributed by atoms with Crippen molar-refractivity contribution in [3.8, 4) is 0 Å². The minimum atomic E-state index is -0.657. The number of nitrogens with one attached hydrogen (secondary N) is 2. The minimum Gasteiger partial charge on any atom is -0.462 e. The summed E-state index contributed by atoms with van der Waals surface area (Å²) in [5.41, 5.74) is 3.26. The van der Waals surface area contributed by atoms with E-state index in [0.717, 1.165) is 24.0 Å². The molecule has 0 aliphatic carbocycles. The Morgan fingerprint density at radius 2 is 1.55 bits per heavy atom. The number of anilines is 2. The van der Waals surface area contributed by atoms with E-state index in [1.165, 1.54) is 6.07 Å². The summed E-state index contributed by atoms with van der Waals surface area (Å²) in [4.78, 5) is 48.2. The lowest BCUT2D eigenvalue weighted by molar-refractivity contribution is -0.147. The zero-order chi connectivity index (χ0) is 24.2. The van der Waals surface area contributed by atoms with Crippen LogP contribution in [0.25, 0.3) is 0 Å². The number of hydrogen-bond donors (Lipinski definition) is 2. The molecule has 2 N–H and O–H groups in total. The molecule has 0 heterocycles. The summed E-state index contributed by atoms with van der Waals surface area (Å²) in [7, 11) is 0. The van der Waals surface area contributed by atoms with Crippen molar-refractivity contribution in [3.05, 3.63) is 59.2 Å². The largest absolute Gasteiger partial charge is 0.462 e. The van der Waals surface area contributed by atoms with Crippen LogP contribution in [-0.2, 0) is 23.9 Å². The van der Waals surface area contributed by atoms with E-state index in [-0.39, 0.29) is 12.8 Å². The average molecular weight is 455 g/mol. The van der Waals surface area contributed by atoms with Gasteiger partial charge in [-0.05, 0) is 49.6 Å². The molecule has 0 aromatic heterocycles. The van der Waals surface area contributed by atoms with Gasteiger partial charge in [-0.15, -0.1) is 0 Å². The molecular weight excluding hydrogens is 424 g/mol. The van der Waals surface area contributed by atoms with Crippen molar-refractivity contribution in [2.45, 2.75) is 46.5 Å². The van der Waals surface area contributed by atoms with Gasteiger partial charge in [0.25, 0.3) is 5.91 Å². The lowest BCUT2D eigenvalue weighted by atomic mass is 10.1. The van der Waals surface area contributed by atoms with Crippen molar-refractivity contribution in [2.24, 2.45) is 0 Å². The van der Waals surface area contributed by atoms with Gasteiger partial charge in [0.2, 0.25) is 5.91 Å². The first-order chi connectivity index (χ1) is 15.8. The summed E-state index contributed by atoms with van der Waals surface area (Å²) in [6.45, 7) is 5.66. The molecule has 0 fully saturated rings. The quantitative estimate of drug-likeness (QED) is 0.390. The molecule has 0 unspecified atom stereocenters. The van der Waals surface area contributed by atoms with E-state index in [9.17, 15) is 19.2 Å². The van der Waals surface area contributed by atoms with Gasteiger partial charge < -0.3 is 20.1 Å². The lowest BCUT2D eigenvalue weighted by Gasteiger charge is -2.11. The maximum atomic E-state index is 12.1. The van der Waals surface area contributed by atoms with Crippen LogP contribution in [0.3, 0.4) is 0 Å². The smallest absolute Gasteiger partial charge is 0.338 e. The van der Waals surface area contributed by atoms with E-state index in [0.29, 0.717) is 23.5 Å². The summed E-state index contributed by atoms with van der Waals surface area (Å²) in [6, 6.07) is 12.0. The Kier molecular flexibility index (Phi) is 10.1. The molecule has 8 nitrogen and oxygen atoms in total. The van der Waals surface area contributed by atoms with E-state index in [2.05, 4.69) is 10.6 Å². The molecule has 0 aliphatic rings. The van der Waals surface area contributed by atoms with Crippen LogP contribution < -0.4 is 10.6 Å². The number of hydrogen-bond acceptors (Lipinski definition) is 6. The van der Waals surface area contributed by atoms with Crippen LogP contribution in [-0.4, -0.2) is 37.0 Å². The Morgan fingerprint density at radius 1 is 0.848 bits per heavy atom. The Hall–Kier alpha value is -3.68. The number of amides is 2. The zero-order valence-electron chi connectivity index (χ0n) is 19.2. The maximum absolute atomic E-state index is 12.1. The highest BCUT2D eigenvalue weighted by Gasteiger charge is 2.13. The van der Waals surface area contributed by atoms with Crippen LogP contribution in [0.1, 0.15) is 54.1 Å². The third-order valence-corrected chi connectivity index (χ3v) is 4.78. The van der Waals surface area contributed by atoms with Crippen molar-refractivity contribution in [3.63, 3.8) is 0 Å². The number of rotatable bonds is 11. The summed E-state index contributed by atoms with van der Waals surface area (Å²) in [5, 5.41) is 5.36. The second-order valence-electron chi connectivity index (χ2n) is 7.59. The predicted octanol–water partition coefficient (Wildman–Crippen LogP) is 4.16. The van der Waals surface area contributed by atoms with Crippen LogP contribution in [0.15, 0.2) is 42.5 Å². The van der Waals surface area contributed by atoms with Crippen LogP contribution in [0.5, 0.6) is 0 Å². The van der Waals surface area contributed by atoms with Crippen LogP contribution in [0.4, 0.5) is 11.4 Å². The first-order valence-corrected chi connectivity index (χ1v) is 10.9. The highest BCUT2D eigenvalue weighted by atomic mass is 16.5. The lowest BCUT2D eigenvalue weighted by Crippen LogP contribution is -2.22. The minimum absolute atomic E-state index is 0.122. The molecule has 0 saturated carbocycles. The van der Waals surface area contributed by atoms with Gasteiger partial charge in [-0.3, -0.25) is 14.4 Å². The van der Waals surface area contributed by atoms with E-state index in [1.54, 1.807) is 18.2 Å². The number of para-hydroxylation sites is 1. The van der Waals surface area contributed by atoms with Gasteiger partial charge in [-0.1, -0.05) is 37.6 Å². The van der Waals surface area contributed by atoms with E-state index in [1.807, 2.05) is 39.0 Å². The second kappa shape index (κ2) is 13.0. The van der Waals surface area contributed by atoms with Gasteiger partial charge in [-0.25, -0.2) is 4.79 Å². The Labute approximate surface area is 193 Å². The van der Waals surface area contributed by atoms with Gasteiger partial charge in [0.1, 0.15) is 0 Å². The third kappa shape index (κ3) is 8.76. The Morgan fingerprint density at radius 3 is 2.24 bits per heavy atom. The molecule has 0 aliphatic heterocycles. The molecule has 0 radical (unpaired) electrons.